The molecule has 19 heavy (non-hydrogen) atoms. The predicted molar refractivity (Wildman–Crippen MR) is 76.4 cm³/mol. The molecule has 1 saturated carbocycles. The molecule has 2 heteroatoms. The lowest BCUT2D eigenvalue weighted by atomic mass is 9.68. The lowest BCUT2D eigenvalue weighted by Crippen LogP contribution is -2.37. The summed E-state index contributed by atoms with van der Waals surface area (Å²) in [4.78, 5) is 0. The normalized spacial score (nSPS) is 30.9. The van der Waals surface area contributed by atoms with Crippen molar-refractivity contribution in [1.82, 2.24) is 0 Å². The standard InChI is InChI=1S/C17H25FO/c1-11-7-12(2)9-15(8-11)17(4,19)14-6-5-13(3)16(18)10-14/h5-6,10-12,15,19H,7-9H2,1-4H3. The van der Waals surface area contributed by atoms with Crippen molar-refractivity contribution in [2.24, 2.45) is 17.8 Å². The van der Waals surface area contributed by atoms with E-state index >= 15 is 0 Å². The molecule has 1 N–H and O–H groups in total. The van der Waals surface area contributed by atoms with Crippen LogP contribution >= 0.6 is 0 Å². The zero-order chi connectivity index (χ0) is 14.2. The molecule has 0 amide bonds. The Morgan fingerprint density at radius 2 is 1.74 bits per heavy atom. The van der Waals surface area contributed by atoms with Gasteiger partial charge in [0, 0.05) is 0 Å². The van der Waals surface area contributed by atoms with Crippen molar-refractivity contribution in [2.45, 2.75) is 52.6 Å². The van der Waals surface area contributed by atoms with Gasteiger partial charge >= 0.3 is 0 Å². The molecule has 1 aromatic carbocycles. The van der Waals surface area contributed by atoms with Crippen LogP contribution in [-0.4, -0.2) is 5.11 Å². The molecular formula is C17H25FO. The summed E-state index contributed by atoms with van der Waals surface area (Å²) in [5, 5.41) is 10.9. The lowest BCUT2D eigenvalue weighted by molar-refractivity contribution is -0.0389. The zero-order valence-electron chi connectivity index (χ0n) is 12.4. The fraction of sp³-hybridized carbons (Fsp3) is 0.647. The van der Waals surface area contributed by atoms with Crippen molar-refractivity contribution >= 4 is 0 Å². The Balaban J connectivity index is 2.27. The summed E-state index contributed by atoms with van der Waals surface area (Å²) in [6.07, 6.45) is 3.27. The topological polar surface area (TPSA) is 20.2 Å². The third kappa shape index (κ3) is 3.00. The fourth-order valence-electron chi connectivity index (χ4n) is 3.55. The van der Waals surface area contributed by atoms with Crippen LogP contribution in [0.4, 0.5) is 4.39 Å². The molecule has 0 spiro atoms. The SMILES string of the molecule is Cc1ccc(C(C)(O)C2CC(C)CC(C)C2)cc1F. The van der Waals surface area contributed by atoms with E-state index in [1.807, 2.05) is 13.0 Å². The van der Waals surface area contributed by atoms with Gasteiger partial charge in [0.15, 0.2) is 0 Å². The summed E-state index contributed by atoms with van der Waals surface area (Å²) in [5.74, 6) is 1.26. The number of hydrogen-bond acceptors (Lipinski definition) is 1. The van der Waals surface area contributed by atoms with Crippen LogP contribution in [0.25, 0.3) is 0 Å². The molecule has 1 nitrogen and oxygen atoms in total. The van der Waals surface area contributed by atoms with Gasteiger partial charge in [-0.2, -0.15) is 0 Å². The molecule has 3 atom stereocenters. The van der Waals surface area contributed by atoms with Gasteiger partial charge in [0.25, 0.3) is 0 Å². The number of benzene rings is 1. The van der Waals surface area contributed by atoms with Crippen LogP contribution in [-0.2, 0) is 5.60 Å². The number of aliphatic hydroxyl groups is 1. The van der Waals surface area contributed by atoms with Crippen molar-refractivity contribution < 1.29 is 9.50 Å². The molecular weight excluding hydrogens is 239 g/mol. The highest BCUT2D eigenvalue weighted by atomic mass is 19.1. The molecule has 0 saturated heterocycles. The third-order valence-corrected chi connectivity index (χ3v) is 4.73. The maximum atomic E-state index is 13.7. The van der Waals surface area contributed by atoms with Crippen LogP contribution in [0.15, 0.2) is 18.2 Å². The van der Waals surface area contributed by atoms with Gasteiger partial charge in [-0.3, -0.25) is 0 Å². The van der Waals surface area contributed by atoms with Gasteiger partial charge in [0.1, 0.15) is 5.82 Å². The maximum Gasteiger partial charge on any atom is 0.126 e. The summed E-state index contributed by atoms with van der Waals surface area (Å²) in [6.45, 7) is 8.08. The molecule has 1 fully saturated rings. The Morgan fingerprint density at radius 1 is 1.16 bits per heavy atom. The molecule has 1 aliphatic carbocycles. The van der Waals surface area contributed by atoms with Crippen LogP contribution in [0, 0.1) is 30.5 Å². The van der Waals surface area contributed by atoms with Crippen LogP contribution < -0.4 is 0 Å². The average Bonchev–Trinajstić information content (AvgIpc) is 2.31. The van der Waals surface area contributed by atoms with Crippen molar-refractivity contribution in [3.05, 3.63) is 35.1 Å². The van der Waals surface area contributed by atoms with E-state index in [2.05, 4.69) is 13.8 Å². The van der Waals surface area contributed by atoms with Gasteiger partial charge in [0.2, 0.25) is 0 Å². The highest BCUT2D eigenvalue weighted by molar-refractivity contribution is 5.28. The zero-order valence-corrected chi connectivity index (χ0v) is 12.4. The molecule has 0 heterocycles. The van der Waals surface area contributed by atoms with Crippen molar-refractivity contribution in [2.75, 3.05) is 0 Å². The van der Waals surface area contributed by atoms with Crippen LogP contribution in [0.5, 0.6) is 0 Å². The van der Waals surface area contributed by atoms with Gasteiger partial charge in [-0.05, 0) is 68.1 Å². The van der Waals surface area contributed by atoms with E-state index in [0.29, 0.717) is 23.0 Å². The molecule has 0 radical (unpaired) electrons. The Labute approximate surface area is 115 Å². The second-order valence-electron chi connectivity index (χ2n) is 6.73. The molecule has 1 aliphatic rings. The molecule has 2 rings (SSSR count). The minimum absolute atomic E-state index is 0.216. The van der Waals surface area contributed by atoms with E-state index < -0.39 is 5.60 Å². The second-order valence-corrected chi connectivity index (χ2v) is 6.73. The molecule has 0 aromatic heterocycles. The summed E-state index contributed by atoms with van der Waals surface area (Å²) in [6, 6.07) is 5.12. The summed E-state index contributed by atoms with van der Waals surface area (Å²) in [7, 11) is 0. The van der Waals surface area contributed by atoms with Gasteiger partial charge < -0.3 is 5.11 Å². The van der Waals surface area contributed by atoms with Gasteiger partial charge in [0.05, 0.1) is 5.60 Å². The van der Waals surface area contributed by atoms with E-state index in [0.717, 1.165) is 12.8 Å². The second kappa shape index (κ2) is 5.24. The highest BCUT2D eigenvalue weighted by Gasteiger charge is 2.38. The Hall–Kier alpha value is -0.890. The summed E-state index contributed by atoms with van der Waals surface area (Å²) >= 11 is 0. The summed E-state index contributed by atoms with van der Waals surface area (Å²) in [5.41, 5.74) is 0.407. The number of halogens is 1. The monoisotopic (exact) mass is 264 g/mol. The number of hydrogen-bond donors (Lipinski definition) is 1. The summed E-state index contributed by atoms with van der Waals surface area (Å²) < 4.78 is 13.7. The minimum Gasteiger partial charge on any atom is -0.385 e. The lowest BCUT2D eigenvalue weighted by Gasteiger charge is -2.40. The minimum atomic E-state index is -0.933. The molecule has 3 unspecified atom stereocenters. The number of rotatable bonds is 2. The van der Waals surface area contributed by atoms with Crippen molar-refractivity contribution in [3.8, 4) is 0 Å². The Morgan fingerprint density at radius 3 is 2.26 bits per heavy atom. The molecule has 0 aliphatic heterocycles. The van der Waals surface area contributed by atoms with Gasteiger partial charge in [-0.15, -0.1) is 0 Å². The Kier molecular flexibility index (Phi) is 4.00. The Bertz CT molecular complexity index is 443. The van der Waals surface area contributed by atoms with Crippen LogP contribution in [0.3, 0.4) is 0 Å². The fourth-order valence-corrected chi connectivity index (χ4v) is 3.55. The van der Waals surface area contributed by atoms with E-state index in [9.17, 15) is 9.50 Å². The first-order valence-corrected chi connectivity index (χ1v) is 7.29. The van der Waals surface area contributed by atoms with Gasteiger partial charge in [-0.1, -0.05) is 26.0 Å². The first kappa shape index (κ1) is 14.5. The van der Waals surface area contributed by atoms with Gasteiger partial charge in [-0.25, -0.2) is 4.39 Å². The molecule has 1 aromatic rings. The third-order valence-electron chi connectivity index (χ3n) is 4.73. The quantitative estimate of drug-likeness (QED) is 0.838. The smallest absolute Gasteiger partial charge is 0.126 e. The molecule has 106 valence electrons. The first-order valence-electron chi connectivity index (χ1n) is 7.29. The van der Waals surface area contributed by atoms with E-state index in [4.69, 9.17) is 0 Å². The van der Waals surface area contributed by atoms with Crippen molar-refractivity contribution in [1.29, 1.82) is 0 Å². The first-order chi connectivity index (χ1) is 8.80. The largest absolute Gasteiger partial charge is 0.385 e. The highest BCUT2D eigenvalue weighted by Crippen LogP contribution is 2.43. The van der Waals surface area contributed by atoms with E-state index in [-0.39, 0.29) is 11.7 Å². The van der Waals surface area contributed by atoms with Crippen LogP contribution in [0.2, 0.25) is 0 Å². The number of aryl methyl sites for hydroxylation is 1. The van der Waals surface area contributed by atoms with E-state index in [1.165, 1.54) is 12.5 Å². The average molecular weight is 264 g/mol. The van der Waals surface area contributed by atoms with E-state index in [1.54, 1.807) is 13.0 Å². The predicted octanol–water partition coefficient (Wildman–Crippen LogP) is 4.41. The van der Waals surface area contributed by atoms with Crippen LogP contribution in [0.1, 0.15) is 51.2 Å². The maximum absolute atomic E-state index is 13.7. The van der Waals surface area contributed by atoms with Crippen molar-refractivity contribution in [3.63, 3.8) is 0 Å². The molecule has 0 bridgehead atoms.